The van der Waals surface area contributed by atoms with Gasteiger partial charge in [0.1, 0.15) is 6.10 Å². The summed E-state index contributed by atoms with van der Waals surface area (Å²) in [4.78, 5) is 11.6. The lowest BCUT2D eigenvalue weighted by atomic mass is 9.70. The highest BCUT2D eigenvalue weighted by molar-refractivity contribution is 5.68. The largest absolute Gasteiger partial charge is 0.457 e. The summed E-state index contributed by atoms with van der Waals surface area (Å²) in [6.45, 7) is 8.45. The zero-order chi connectivity index (χ0) is 15.3. The molecule has 2 saturated carbocycles. The molecule has 2 bridgehead atoms. The molecular formula is C19H24O2. The first-order valence-electron chi connectivity index (χ1n) is 7.80. The van der Waals surface area contributed by atoms with E-state index in [4.69, 9.17) is 4.74 Å². The number of hydrogen-bond donors (Lipinski definition) is 0. The van der Waals surface area contributed by atoms with Crippen molar-refractivity contribution in [2.45, 2.75) is 46.6 Å². The summed E-state index contributed by atoms with van der Waals surface area (Å²) in [7, 11) is 0. The minimum atomic E-state index is -0.177. The fraction of sp³-hybridized carbons (Fsp3) is 0.526. The van der Waals surface area contributed by atoms with E-state index < -0.39 is 0 Å². The van der Waals surface area contributed by atoms with Gasteiger partial charge in [0, 0.05) is 12.3 Å². The van der Waals surface area contributed by atoms with Gasteiger partial charge in [-0.25, -0.2) is 0 Å². The van der Waals surface area contributed by atoms with Crippen LogP contribution in [0.2, 0.25) is 0 Å². The third kappa shape index (κ3) is 2.04. The van der Waals surface area contributed by atoms with Crippen molar-refractivity contribution >= 4 is 12.0 Å². The average Bonchev–Trinajstić information content (AvgIpc) is 2.73. The SMILES string of the molecule is CC(=O)OC1/C(=C\c2ccccc2)C2CCC1(C)C2(C)C. The van der Waals surface area contributed by atoms with Gasteiger partial charge in [-0.1, -0.05) is 57.2 Å². The molecule has 0 radical (unpaired) electrons. The van der Waals surface area contributed by atoms with Gasteiger partial charge in [0.2, 0.25) is 0 Å². The zero-order valence-electron chi connectivity index (χ0n) is 13.3. The van der Waals surface area contributed by atoms with E-state index in [1.807, 2.05) is 18.2 Å². The highest BCUT2D eigenvalue weighted by atomic mass is 16.5. The molecular weight excluding hydrogens is 260 g/mol. The molecule has 1 aromatic carbocycles. The van der Waals surface area contributed by atoms with Crippen LogP contribution in [-0.4, -0.2) is 12.1 Å². The van der Waals surface area contributed by atoms with Gasteiger partial charge in [-0.15, -0.1) is 0 Å². The molecule has 21 heavy (non-hydrogen) atoms. The van der Waals surface area contributed by atoms with E-state index in [-0.39, 0.29) is 22.9 Å². The van der Waals surface area contributed by atoms with Crippen molar-refractivity contribution in [3.8, 4) is 0 Å². The number of carbonyl (C=O) groups excluding carboxylic acids is 1. The van der Waals surface area contributed by atoms with Crippen LogP contribution in [-0.2, 0) is 9.53 Å². The van der Waals surface area contributed by atoms with Gasteiger partial charge >= 0.3 is 5.97 Å². The Morgan fingerprint density at radius 3 is 2.52 bits per heavy atom. The van der Waals surface area contributed by atoms with E-state index in [9.17, 15) is 4.79 Å². The van der Waals surface area contributed by atoms with Crippen molar-refractivity contribution in [3.05, 3.63) is 41.5 Å². The molecule has 112 valence electrons. The molecule has 2 fully saturated rings. The number of esters is 1. The van der Waals surface area contributed by atoms with Crippen molar-refractivity contribution in [2.75, 3.05) is 0 Å². The Hall–Kier alpha value is -1.57. The van der Waals surface area contributed by atoms with E-state index in [2.05, 4.69) is 39.0 Å². The molecule has 3 unspecified atom stereocenters. The van der Waals surface area contributed by atoms with Gasteiger partial charge in [-0.2, -0.15) is 0 Å². The summed E-state index contributed by atoms with van der Waals surface area (Å²) in [5, 5.41) is 0. The molecule has 0 aromatic heterocycles. The maximum atomic E-state index is 11.6. The monoisotopic (exact) mass is 284 g/mol. The van der Waals surface area contributed by atoms with Crippen LogP contribution in [0.5, 0.6) is 0 Å². The standard InChI is InChI=1S/C19H24O2/c1-13(20)21-17-15(12-14-8-6-5-7-9-14)16-10-11-19(17,4)18(16,2)3/h5-9,12,16-17H,10-11H2,1-4H3/b15-12-. The second-order valence-electron chi connectivity index (χ2n) is 7.27. The minimum Gasteiger partial charge on any atom is -0.457 e. The molecule has 0 amide bonds. The molecule has 0 aliphatic heterocycles. The first-order chi connectivity index (χ1) is 9.86. The van der Waals surface area contributed by atoms with Gasteiger partial charge < -0.3 is 4.74 Å². The predicted octanol–water partition coefficient (Wildman–Crippen LogP) is 4.46. The molecule has 2 nitrogen and oxygen atoms in total. The number of fused-ring (bicyclic) bond motifs is 2. The average molecular weight is 284 g/mol. The third-order valence-electron chi connectivity index (χ3n) is 6.00. The Kier molecular flexibility index (Phi) is 3.23. The van der Waals surface area contributed by atoms with Crippen molar-refractivity contribution < 1.29 is 9.53 Å². The van der Waals surface area contributed by atoms with Crippen molar-refractivity contribution in [3.63, 3.8) is 0 Å². The number of carbonyl (C=O) groups is 1. The Bertz CT molecular complexity index is 585. The Labute approximate surface area is 127 Å². The molecule has 0 heterocycles. The van der Waals surface area contributed by atoms with Crippen LogP contribution in [0.25, 0.3) is 6.08 Å². The molecule has 0 saturated heterocycles. The number of hydrogen-bond acceptors (Lipinski definition) is 2. The van der Waals surface area contributed by atoms with Crippen LogP contribution in [0, 0.1) is 16.7 Å². The van der Waals surface area contributed by atoms with Crippen molar-refractivity contribution in [2.24, 2.45) is 16.7 Å². The van der Waals surface area contributed by atoms with Crippen molar-refractivity contribution in [1.29, 1.82) is 0 Å². The van der Waals surface area contributed by atoms with Crippen LogP contribution in [0.4, 0.5) is 0 Å². The normalized spacial score (nSPS) is 35.1. The molecule has 3 rings (SSSR count). The quantitative estimate of drug-likeness (QED) is 0.750. The first kappa shape index (κ1) is 14.4. The summed E-state index contributed by atoms with van der Waals surface area (Å²) in [5.41, 5.74) is 2.71. The van der Waals surface area contributed by atoms with E-state index in [0.29, 0.717) is 5.92 Å². The van der Waals surface area contributed by atoms with Gasteiger partial charge in [0.05, 0.1) is 0 Å². The van der Waals surface area contributed by atoms with Crippen LogP contribution < -0.4 is 0 Å². The molecule has 2 aliphatic rings. The second kappa shape index (κ2) is 4.72. The molecule has 0 N–H and O–H groups in total. The van der Waals surface area contributed by atoms with Gasteiger partial charge in [-0.3, -0.25) is 4.79 Å². The zero-order valence-corrected chi connectivity index (χ0v) is 13.3. The summed E-state index contributed by atoms with van der Waals surface area (Å²) >= 11 is 0. The number of ether oxygens (including phenoxy) is 1. The third-order valence-corrected chi connectivity index (χ3v) is 6.00. The van der Waals surface area contributed by atoms with Gasteiger partial charge in [-0.05, 0) is 35.3 Å². The maximum Gasteiger partial charge on any atom is 0.303 e. The Morgan fingerprint density at radius 1 is 1.24 bits per heavy atom. The van der Waals surface area contributed by atoms with Crippen LogP contribution >= 0.6 is 0 Å². The van der Waals surface area contributed by atoms with Gasteiger partial charge in [0.25, 0.3) is 0 Å². The first-order valence-corrected chi connectivity index (χ1v) is 7.80. The van der Waals surface area contributed by atoms with Crippen LogP contribution in [0.3, 0.4) is 0 Å². The summed E-state index contributed by atoms with van der Waals surface area (Å²) in [6.07, 6.45) is 4.49. The second-order valence-corrected chi connectivity index (χ2v) is 7.27. The summed E-state index contributed by atoms with van der Waals surface area (Å²) < 4.78 is 5.76. The molecule has 2 aliphatic carbocycles. The predicted molar refractivity (Wildman–Crippen MR) is 84.6 cm³/mol. The fourth-order valence-corrected chi connectivity index (χ4v) is 4.41. The molecule has 0 spiro atoms. The minimum absolute atomic E-state index is 0.0456. The van der Waals surface area contributed by atoms with Gasteiger partial charge in [0.15, 0.2) is 0 Å². The highest BCUT2D eigenvalue weighted by Gasteiger charge is 2.65. The molecule has 1 aromatic rings. The van der Waals surface area contributed by atoms with E-state index in [1.165, 1.54) is 24.5 Å². The highest BCUT2D eigenvalue weighted by Crippen LogP contribution is 2.68. The van der Waals surface area contributed by atoms with E-state index in [1.54, 1.807) is 0 Å². The number of benzene rings is 1. The van der Waals surface area contributed by atoms with E-state index in [0.717, 1.165) is 6.42 Å². The lowest BCUT2D eigenvalue weighted by molar-refractivity contribution is -0.151. The maximum absolute atomic E-state index is 11.6. The molecule has 3 atom stereocenters. The molecule has 2 heteroatoms. The Balaban J connectivity index is 2.06. The summed E-state index contributed by atoms with van der Waals surface area (Å²) in [6, 6.07) is 10.3. The van der Waals surface area contributed by atoms with Crippen LogP contribution in [0.15, 0.2) is 35.9 Å². The fourth-order valence-electron chi connectivity index (χ4n) is 4.41. The number of rotatable bonds is 2. The smallest absolute Gasteiger partial charge is 0.303 e. The lowest BCUT2D eigenvalue weighted by Gasteiger charge is -2.38. The van der Waals surface area contributed by atoms with E-state index >= 15 is 0 Å². The lowest BCUT2D eigenvalue weighted by Crippen LogP contribution is -2.38. The van der Waals surface area contributed by atoms with Crippen LogP contribution in [0.1, 0.15) is 46.1 Å². The topological polar surface area (TPSA) is 26.3 Å². The van der Waals surface area contributed by atoms with Crippen molar-refractivity contribution in [1.82, 2.24) is 0 Å². The summed E-state index contributed by atoms with van der Waals surface area (Å²) in [5.74, 6) is 0.329. The Morgan fingerprint density at radius 2 is 1.90 bits per heavy atom.